The molecule has 1 aromatic carbocycles. The van der Waals surface area contributed by atoms with Gasteiger partial charge < -0.3 is 0 Å². The van der Waals surface area contributed by atoms with Gasteiger partial charge in [0.2, 0.25) is 0 Å². The molecular weight excluding hydrogens is 331 g/mol. The third-order valence-corrected chi connectivity index (χ3v) is 2.98. The van der Waals surface area contributed by atoms with Crippen LogP contribution in [0, 0.1) is 10.1 Å². The van der Waals surface area contributed by atoms with Crippen LogP contribution in [0.2, 0.25) is 5.02 Å². The van der Waals surface area contributed by atoms with Gasteiger partial charge in [-0.25, -0.2) is 4.68 Å². The third kappa shape index (κ3) is 2.72. The minimum absolute atomic E-state index is 0.244. The van der Waals surface area contributed by atoms with Crippen molar-refractivity contribution in [2.45, 2.75) is 6.18 Å². The first kappa shape index (κ1) is 15.8. The summed E-state index contributed by atoms with van der Waals surface area (Å²) in [6.07, 6.45) is -3.98. The Balaban J connectivity index is 2.64. The molecule has 0 bridgehead atoms. The zero-order valence-electron chi connectivity index (χ0n) is 10.3. The van der Waals surface area contributed by atoms with Crippen LogP contribution in [-0.2, 0) is 6.18 Å². The van der Waals surface area contributed by atoms with E-state index in [1.165, 1.54) is 0 Å². The highest BCUT2D eigenvalue weighted by atomic mass is 35.5. The first-order valence-corrected chi connectivity index (χ1v) is 5.87. The van der Waals surface area contributed by atoms with Gasteiger partial charge in [0, 0.05) is 0 Å². The Labute approximate surface area is 123 Å². The molecule has 7 nitrogen and oxygen atoms in total. The summed E-state index contributed by atoms with van der Waals surface area (Å²) in [6, 6.07) is 2.10. The molecule has 1 heterocycles. The Hall–Kier alpha value is -2.62. The van der Waals surface area contributed by atoms with E-state index in [1.807, 2.05) is 0 Å². The van der Waals surface area contributed by atoms with Crippen LogP contribution in [0.15, 0.2) is 34.0 Å². The second-order valence-corrected chi connectivity index (χ2v) is 4.46. The fourth-order valence-corrected chi connectivity index (χ4v) is 1.91. The van der Waals surface area contributed by atoms with Crippen LogP contribution in [0.3, 0.4) is 0 Å². The van der Waals surface area contributed by atoms with Gasteiger partial charge >= 0.3 is 22.9 Å². The number of alkyl halides is 3. The SMILES string of the molecule is O=c1c([N+](=O)[O-])c[nH]n(-c2ccc(C(F)(F)F)cc2Cl)c1=O. The van der Waals surface area contributed by atoms with Crippen LogP contribution in [0.4, 0.5) is 18.9 Å². The molecule has 0 atom stereocenters. The Bertz CT molecular complexity index is 872. The standard InChI is InChI=1S/C11H5ClF3N3O4/c12-6-3-5(11(13,14)15)1-2-7(6)17-10(20)9(19)8(4-16-17)18(21)22/h1-4,16H. The van der Waals surface area contributed by atoms with E-state index < -0.39 is 38.4 Å². The van der Waals surface area contributed by atoms with Crippen molar-refractivity contribution < 1.29 is 18.1 Å². The number of aromatic nitrogens is 2. The van der Waals surface area contributed by atoms with Gasteiger partial charge in [-0.3, -0.25) is 24.8 Å². The van der Waals surface area contributed by atoms with Gasteiger partial charge in [0.1, 0.15) is 6.20 Å². The maximum Gasteiger partial charge on any atom is 0.416 e. The van der Waals surface area contributed by atoms with Crippen LogP contribution in [0.1, 0.15) is 5.56 Å². The molecule has 2 aromatic rings. The molecule has 0 aliphatic carbocycles. The van der Waals surface area contributed by atoms with Crippen molar-refractivity contribution in [1.29, 1.82) is 0 Å². The van der Waals surface area contributed by atoms with Gasteiger partial charge in [-0.05, 0) is 18.2 Å². The largest absolute Gasteiger partial charge is 0.416 e. The first-order chi connectivity index (χ1) is 10.1. The molecule has 0 saturated heterocycles. The van der Waals surface area contributed by atoms with E-state index in [1.54, 1.807) is 0 Å². The van der Waals surface area contributed by atoms with Crippen molar-refractivity contribution in [3.8, 4) is 5.69 Å². The van der Waals surface area contributed by atoms with Gasteiger partial charge in [-0.2, -0.15) is 13.2 Å². The highest BCUT2D eigenvalue weighted by Crippen LogP contribution is 2.32. The summed E-state index contributed by atoms with van der Waals surface area (Å²) >= 11 is 5.68. The van der Waals surface area contributed by atoms with Crippen LogP contribution < -0.4 is 11.0 Å². The minimum atomic E-state index is -4.63. The number of nitrogens with zero attached hydrogens (tertiary/aromatic N) is 2. The lowest BCUT2D eigenvalue weighted by molar-refractivity contribution is -0.386. The van der Waals surface area contributed by atoms with Crippen molar-refractivity contribution in [3.05, 3.63) is 65.7 Å². The normalized spacial score (nSPS) is 11.5. The predicted octanol–water partition coefficient (Wildman–Crippen LogP) is 2.11. The minimum Gasteiger partial charge on any atom is -0.291 e. The molecule has 0 unspecified atom stereocenters. The molecular formula is C11H5ClF3N3O4. The zero-order chi connectivity index (χ0) is 16.7. The summed E-state index contributed by atoms with van der Waals surface area (Å²) < 4.78 is 38.1. The molecule has 0 spiro atoms. The molecule has 1 N–H and O–H groups in total. The van der Waals surface area contributed by atoms with Gasteiger partial charge in [0.05, 0.1) is 21.2 Å². The smallest absolute Gasteiger partial charge is 0.291 e. The molecule has 2 rings (SSSR count). The van der Waals surface area contributed by atoms with Crippen molar-refractivity contribution in [1.82, 2.24) is 9.78 Å². The lowest BCUT2D eigenvalue weighted by atomic mass is 10.2. The quantitative estimate of drug-likeness (QED) is 0.516. The molecule has 0 radical (unpaired) electrons. The highest BCUT2D eigenvalue weighted by molar-refractivity contribution is 6.32. The second kappa shape index (κ2) is 5.30. The summed E-state index contributed by atoms with van der Waals surface area (Å²) in [5, 5.41) is 12.2. The molecule has 0 saturated carbocycles. The Kier molecular flexibility index (Phi) is 3.79. The molecule has 0 aliphatic rings. The van der Waals surface area contributed by atoms with E-state index in [0.717, 1.165) is 6.07 Å². The van der Waals surface area contributed by atoms with E-state index in [9.17, 15) is 32.9 Å². The number of hydrogen-bond acceptors (Lipinski definition) is 4. The van der Waals surface area contributed by atoms with E-state index in [2.05, 4.69) is 5.10 Å². The Morgan fingerprint density at radius 2 is 1.91 bits per heavy atom. The van der Waals surface area contributed by atoms with Gasteiger partial charge in [0.15, 0.2) is 0 Å². The van der Waals surface area contributed by atoms with Crippen molar-refractivity contribution in [3.63, 3.8) is 0 Å². The van der Waals surface area contributed by atoms with Gasteiger partial charge in [-0.15, -0.1) is 0 Å². The number of H-pyrrole nitrogens is 1. The molecule has 22 heavy (non-hydrogen) atoms. The summed E-state index contributed by atoms with van der Waals surface area (Å²) in [4.78, 5) is 32.8. The summed E-state index contributed by atoms with van der Waals surface area (Å²) in [5.41, 5.74) is -5.02. The average molecular weight is 336 g/mol. The number of benzene rings is 1. The monoisotopic (exact) mass is 335 g/mol. The average Bonchev–Trinajstić information content (AvgIpc) is 2.40. The maximum absolute atomic E-state index is 12.5. The van der Waals surface area contributed by atoms with Crippen molar-refractivity contribution in [2.75, 3.05) is 0 Å². The Morgan fingerprint density at radius 1 is 1.27 bits per heavy atom. The second-order valence-electron chi connectivity index (χ2n) is 4.05. The summed E-state index contributed by atoms with van der Waals surface area (Å²) in [5.74, 6) is 0. The number of halogens is 4. The maximum atomic E-state index is 12.5. The number of rotatable bonds is 2. The van der Waals surface area contributed by atoms with Crippen LogP contribution in [-0.4, -0.2) is 14.7 Å². The molecule has 0 aliphatic heterocycles. The van der Waals surface area contributed by atoms with Crippen LogP contribution in [0.25, 0.3) is 5.69 Å². The molecule has 0 fully saturated rings. The van der Waals surface area contributed by atoms with Crippen LogP contribution in [0.5, 0.6) is 0 Å². The summed E-state index contributed by atoms with van der Waals surface area (Å²) in [6.45, 7) is 0. The van der Waals surface area contributed by atoms with E-state index in [4.69, 9.17) is 11.6 Å². The topological polar surface area (TPSA) is 98.0 Å². The fraction of sp³-hybridized carbons (Fsp3) is 0.0909. The first-order valence-electron chi connectivity index (χ1n) is 5.49. The molecule has 116 valence electrons. The Morgan fingerprint density at radius 3 is 2.41 bits per heavy atom. The lowest BCUT2D eigenvalue weighted by Gasteiger charge is -2.11. The number of hydrogen-bond donors (Lipinski definition) is 1. The third-order valence-electron chi connectivity index (χ3n) is 2.67. The zero-order valence-corrected chi connectivity index (χ0v) is 11.1. The molecule has 1 aromatic heterocycles. The lowest BCUT2D eigenvalue weighted by Crippen LogP contribution is -2.36. The number of nitrogens with one attached hydrogen (secondary N) is 1. The molecule has 0 amide bonds. The van der Waals surface area contributed by atoms with Gasteiger partial charge in [-0.1, -0.05) is 11.6 Å². The van der Waals surface area contributed by atoms with E-state index >= 15 is 0 Å². The van der Waals surface area contributed by atoms with Crippen LogP contribution >= 0.6 is 11.6 Å². The van der Waals surface area contributed by atoms with E-state index in [-0.39, 0.29) is 5.69 Å². The van der Waals surface area contributed by atoms with Gasteiger partial charge in [0.25, 0.3) is 0 Å². The number of nitro groups is 1. The number of aromatic amines is 1. The van der Waals surface area contributed by atoms with Crippen molar-refractivity contribution in [2.24, 2.45) is 0 Å². The molecule has 11 heteroatoms. The van der Waals surface area contributed by atoms with E-state index in [0.29, 0.717) is 23.0 Å². The summed E-state index contributed by atoms with van der Waals surface area (Å²) in [7, 11) is 0. The fourth-order valence-electron chi connectivity index (χ4n) is 1.64. The highest BCUT2D eigenvalue weighted by Gasteiger charge is 2.31. The predicted molar refractivity (Wildman–Crippen MR) is 69.3 cm³/mol. The van der Waals surface area contributed by atoms with Crippen molar-refractivity contribution >= 4 is 17.3 Å².